The number of carbonyl (C=O) groups excluding carboxylic acids is 2. The van der Waals surface area contributed by atoms with Gasteiger partial charge in [0, 0.05) is 6.07 Å². The fourth-order valence-electron chi connectivity index (χ4n) is 2.15. The van der Waals surface area contributed by atoms with Crippen LogP contribution in [0.4, 0.5) is 18.9 Å². The smallest absolute Gasteiger partial charge is 0.266 e. The van der Waals surface area contributed by atoms with Crippen molar-refractivity contribution in [1.82, 2.24) is 0 Å². The Morgan fingerprint density at radius 3 is 1.95 bits per heavy atom. The van der Waals surface area contributed by atoms with Crippen LogP contribution in [0.3, 0.4) is 0 Å². The van der Waals surface area contributed by atoms with Gasteiger partial charge in [-0.25, -0.2) is 18.1 Å². The molecule has 3 nitrogen and oxygen atoms in total. The van der Waals surface area contributed by atoms with Gasteiger partial charge in [-0.15, -0.1) is 0 Å². The standard InChI is InChI=1S/C14H5BrF3NO2/c15-10-11(18)8(16)5-9(17)12(10)19-13(20)6-3-1-2-4-7(6)14(19)21/h1-5H. The molecule has 106 valence electrons. The molecule has 0 atom stereocenters. The van der Waals surface area contributed by atoms with Crippen molar-refractivity contribution in [2.45, 2.75) is 0 Å². The lowest BCUT2D eigenvalue weighted by Crippen LogP contribution is -2.31. The van der Waals surface area contributed by atoms with Crippen molar-refractivity contribution in [3.63, 3.8) is 0 Å². The Morgan fingerprint density at radius 2 is 1.43 bits per heavy atom. The minimum absolute atomic E-state index is 0.0820. The predicted molar refractivity (Wildman–Crippen MR) is 71.6 cm³/mol. The van der Waals surface area contributed by atoms with E-state index in [0.29, 0.717) is 11.0 Å². The normalized spacial score (nSPS) is 13.8. The quantitative estimate of drug-likeness (QED) is 0.444. The molecule has 0 fully saturated rings. The van der Waals surface area contributed by atoms with E-state index in [4.69, 9.17) is 0 Å². The third-order valence-corrected chi connectivity index (χ3v) is 3.83. The Balaban J connectivity index is 2.23. The number of hydrogen-bond acceptors (Lipinski definition) is 2. The zero-order valence-electron chi connectivity index (χ0n) is 10.2. The highest BCUT2D eigenvalue weighted by Crippen LogP contribution is 2.37. The molecule has 0 aliphatic carbocycles. The molecule has 3 rings (SSSR count). The molecule has 1 aliphatic heterocycles. The maximum atomic E-state index is 13.9. The Morgan fingerprint density at radius 1 is 0.905 bits per heavy atom. The molecule has 21 heavy (non-hydrogen) atoms. The van der Waals surface area contributed by atoms with Gasteiger partial charge in [0.2, 0.25) is 0 Å². The highest BCUT2D eigenvalue weighted by Gasteiger charge is 2.39. The van der Waals surface area contributed by atoms with Crippen LogP contribution in [0.5, 0.6) is 0 Å². The molecule has 0 N–H and O–H groups in total. The lowest BCUT2D eigenvalue weighted by molar-refractivity contribution is 0.0924. The second kappa shape index (κ2) is 4.70. The monoisotopic (exact) mass is 355 g/mol. The first-order chi connectivity index (χ1) is 9.93. The number of carbonyl (C=O) groups is 2. The van der Waals surface area contributed by atoms with Crippen LogP contribution >= 0.6 is 15.9 Å². The summed E-state index contributed by atoms with van der Waals surface area (Å²) in [6, 6.07) is 6.19. The van der Waals surface area contributed by atoms with Crippen LogP contribution < -0.4 is 4.90 Å². The van der Waals surface area contributed by atoms with Crippen molar-refractivity contribution < 1.29 is 22.8 Å². The van der Waals surface area contributed by atoms with Crippen molar-refractivity contribution in [2.24, 2.45) is 0 Å². The topological polar surface area (TPSA) is 37.4 Å². The molecular formula is C14H5BrF3NO2. The van der Waals surface area contributed by atoms with Crippen LogP contribution in [0.15, 0.2) is 34.8 Å². The molecule has 0 unspecified atom stereocenters. The number of halogens is 4. The Kier molecular flexibility index (Phi) is 3.09. The highest BCUT2D eigenvalue weighted by molar-refractivity contribution is 9.10. The molecule has 0 aromatic heterocycles. The van der Waals surface area contributed by atoms with Crippen LogP contribution in [-0.2, 0) is 0 Å². The fourth-order valence-corrected chi connectivity index (χ4v) is 2.71. The van der Waals surface area contributed by atoms with Gasteiger partial charge in [-0.1, -0.05) is 12.1 Å². The summed E-state index contributed by atoms with van der Waals surface area (Å²) >= 11 is 2.69. The highest BCUT2D eigenvalue weighted by atomic mass is 79.9. The maximum absolute atomic E-state index is 13.9. The first-order valence-electron chi connectivity index (χ1n) is 5.74. The first-order valence-corrected chi connectivity index (χ1v) is 6.53. The number of hydrogen-bond donors (Lipinski definition) is 0. The molecule has 0 saturated heterocycles. The number of imide groups is 1. The summed E-state index contributed by atoms with van der Waals surface area (Å²) in [5, 5.41) is 0. The van der Waals surface area contributed by atoms with Gasteiger partial charge in [0.25, 0.3) is 11.8 Å². The molecule has 1 aliphatic rings. The van der Waals surface area contributed by atoms with E-state index >= 15 is 0 Å². The van der Waals surface area contributed by atoms with Crippen LogP contribution in [-0.4, -0.2) is 11.8 Å². The van der Waals surface area contributed by atoms with Crippen molar-refractivity contribution >= 4 is 33.4 Å². The van der Waals surface area contributed by atoms with E-state index in [1.165, 1.54) is 12.1 Å². The predicted octanol–water partition coefficient (Wildman–Crippen LogP) is 3.67. The second-order valence-electron chi connectivity index (χ2n) is 4.31. The van der Waals surface area contributed by atoms with Gasteiger partial charge in [0.1, 0.15) is 5.69 Å². The fraction of sp³-hybridized carbons (Fsp3) is 0. The van der Waals surface area contributed by atoms with Gasteiger partial charge >= 0.3 is 0 Å². The summed E-state index contributed by atoms with van der Waals surface area (Å²) in [4.78, 5) is 24.9. The molecule has 0 spiro atoms. The van der Waals surface area contributed by atoms with Gasteiger partial charge < -0.3 is 0 Å². The largest absolute Gasteiger partial charge is 0.268 e. The summed E-state index contributed by atoms with van der Waals surface area (Å²) in [5.74, 6) is -5.58. The van der Waals surface area contributed by atoms with E-state index in [1.54, 1.807) is 12.1 Å². The van der Waals surface area contributed by atoms with E-state index < -0.39 is 39.4 Å². The van der Waals surface area contributed by atoms with Crippen molar-refractivity contribution in [1.29, 1.82) is 0 Å². The lowest BCUT2D eigenvalue weighted by atomic mass is 10.1. The third kappa shape index (κ3) is 1.88. The molecule has 7 heteroatoms. The van der Waals surface area contributed by atoms with Crippen LogP contribution in [0.25, 0.3) is 0 Å². The van der Waals surface area contributed by atoms with Gasteiger partial charge in [-0.3, -0.25) is 9.59 Å². The number of nitrogens with zero attached hydrogens (tertiary/aromatic N) is 1. The number of fused-ring (bicyclic) bond motifs is 1. The van der Waals surface area contributed by atoms with Gasteiger partial charge in [0.15, 0.2) is 17.5 Å². The second-order valence-corrected chi connectivity index (χ2v) is 5.10. The molecule has 0 radical (unpaired) electrons. The van der Waals surface area contributed by atoms with E-state index in [-0.39, 0.29) is 11.1 Å². The lowest BCUT2D eigenvalue weighted by Gasteiger charge is -2.17. The zero-order valence-corrected chi connectivity index (χ0v) is 11.7. The Hall–Kier alpha value is -2.15. The number of benzene rings is 2. The Labute approximate surface area is 125 Å². The average molecular weight is 356 g/mol. The van der Waals surface area contributed by atoms with E-state index in [9.17, 15) is 22.8 Å². The minimum Gasteiger partial charge on any atom is -0.268 e. The first kappa shape index (κ1) is 13.8. The summed E-state index contributed by atoms with van der Waals surface area (Å²) in [6.45, 7) is 0. The van der Waals surface area contributed by atoms with Crippen LogP contribution in [0.1, 0.15) is 20.7 Å². The zero-order chi connectivity index (χ0) is 15.3. The molecular weight excluding hydrogens is 351 g/mol. The molecule has 0 bridgehead atoms. The molecule has 2 aromatic rings. The molecule has 2 amide bonds. The molecule has 2 aromatic carbocycles. The third-order valence-electron chi connectivity index (χ3n) is 3.11. The van der Waals surface area contributed by atoms with Gasteiger partial charge in [-0.2, -0.15) is 0 Å². The number of amides is 2. The van der Waals surface area contributed by atoms with E-state index in [0.717, 1.165) is 0 Å². The minimum atomic E-state index is -1.42. The summed E-state index contributed by atoms with van der Waals surface area (Å²) in [6.07, 6.45) is 0. The van der Waals surface area contributed by atoms with Gasteiger partial charge in [-0.05, 0) is 28.1 Å². The van der Waals surface area contributed by atoms with E-state index in [2.05, 4.69) is 15.9 Å². The summed E-state index contributed by atoms with van der Waals surface area (Å²) in [5.41, 5.74) is -0.475. The number of anilines is 1. The summed E-state index contributed by atoms with van der Waals surface area (Å²) < 4.78 is 40.0. The molecule has 1 heterocycles. The van der Waals surface area contributed by atoms with Crippen molar-refractivity contribution in [2.75, 3.05) is 4.90 Å². The number of rotatable bonds is 1. The van der Waals surface area contributed by atoms with Crippen LogP contribution in [0.2, 0.25) is 0 Å². The Bertz CT molecular complexity index is 772. The van der Waals surface area contributed by atoms with Crippen molar-refractivity contribution in [3.05, 3.63) is 63.4 Å². The van der Waals surface area contributed by atoms with Crippen LogP contribution in [0, 0.1) is 17.5 Å². The molecule has 0 saturated carbocycles. The van der Waals surface area contributed by atoms with E-state index in [1.807, 2.05) is 0 Å². The SMILES string of the molecule is O=C1c2ccccc2C(=O)N1c1c(F)cc(F)c(F)c1Br. The average Bonchev–Trinajstić information content (AvgIpc) is 2.71. The van der Waals surface area contributed by atoms with Crippen molar-refractivity contribution in [3.8, 4) is 0 Å². The maximum Gasteiger partial charge on any atom is 0.266 e. The van der Waals surface area contributed by atoms with Gasteiger partial charge in [0.05, 0.1) is 15.6 Å². The summed E-state index contributed by atoms with van der Waals surface area (Å²) in [7, 11) is 0.